The number of benzene rings is 4. The van der Waals surface area contributed by atoms with Crippen LogP contribution in [0.2, 0.25) is 0 Å². The second-order valence-electron chi connectivity index (χ2n) is 21.2. The molecule has 2 aliphatic heterocycles. The van der Waals surface area contributed by atoms with E-state index in [-0.39, 0.29) is 56.0 Å². The van der Waals surface area contributed by atoms with Crippen molar-refractivity contribution in [2.24, 2.45) is 0 Å². The molecule has 12 N–H and O–H groups in total. The second-order valence-corrected chi connectivity index (χ2v) is 21.2. The molecule has 28 heteroatoms. The van der Waals surface area contributed by atoms with Crippen LogP contribution in [0.3, 0.4) is 0 Å². The van der Waals surface area contributed by atoms with Crippen molar-refractivity contribution in [3.05, 3.63) is 103 Å². The molecule has 28 nitrogen and oxygen atoms in total. The molecule has 0 aromatic heterocycles. The van der Waals surface area contributed by atoms with Crippen LogP contribution in [0, 0.1) is 0 Å². The molecule has 0 bridgehead atoms. The quantitative estimate of drug-likeness (QED) is 0.0361. The van der Waals surface area contributed by atoms with E-state index in [9.17, 15) is 89.4 Å². The maximum Gasteiger partial charge on any atom is 0.437 e. The molecule has 84 heavy (non-hydrogen) atoms. The van der Waals surface area contributed by atoms with Crippen LogP contribution >= 0.6 is 0 Å². The van der Waals surface area contributed by atoms with Crippen molar-refractivity contribution in [1.29, 1.82) is 0 Å². The zero-order chi connectivity index (χ0) is 60.8. The third kappa shape index (κ3) is 9.71. The first-order chi connectivity index (χ1) is 39.8. The van der Waals surface area contributed by atoms with Gasteiger partial charge in [-0.15, -0.1) is 11.0 Å². The molecule has 0 spiro atoms. The van der Waals surface area contributed by atoms with Crippen LogP contribution in [-0.2, 0) is 60.6 Å². The molecule has 12 atom stereocenters. The van der Waals surface area contributed by atoms with E-state index in [2.05, 4.69) is 11.0 Å². The van der Waals surface area contributed by atoms with Gasteiger partial charge in [0.15, 0.2) is 35.7 Å². The van der Waals surface area contributed by atoms with Gasteiger partial charge in [0.2, 0.25) is 11.6 Å². The third-order valence-electron chi connectivity index (χ3n) is 16.3. The summed E-state index contributed by atoms with van der Waals surface area (Å²) >= 11 is 0. The Morgan fingerprint density at radius 2 is 0.917 bits per heavy atom. The minimum Gasteiger partial charge on any atom is -0.507 e. The zero-order valence-electron chi connectivity index (χ0n) is 44.9. The number of hydrogen-bond donors (Lipinski definition) is 12. The lowest BCUT2D eigenvalue weighted by molar-refractivity contribution is -0.258. The first-order valence-corrected chi connectivity index (χ1v) is 26.2. The number of carbonyl (C=O) groups excluding carboxylic acids is 8. The average molecular weight is 1170 g/mol. The molecule has 4 aliphatic carbocycles. The number of hydrogen-bond acceptors (Lipinski definition) is 28. The number of aliphatic hydroxyl groups excluding tert-OH is 4. The number of ether oxygens (including phenoxy) is 6. The van der Waals surface area contributed by atoms with Gasteiger partial charge in [0.05, 0.1) is 96.3 Å². The summed E-state index contributed by atoms with van der Waals surface area (Å²) in [6.45, 7) is 0.350. The van der Waals surface area contributed by atoms with Crippen LogP contribution in [0.1, 0.15) is 138 Å². The van der Waals surface area contributed by atoms with Gasteiger partial charge in [0, 0.05) is 71.9 Å². The molecule has 8 unspecified atom stereocenters. The normalized spacial score (nSPS) is 28.6. The molecule has 4 aromatic carbocycles. The van der Waals surface area contributed by atoms with E-state index in [4.69, 9.17) is 38.1 Å². The molecule has 6 aliphatic rings. The highest BCUT2D eigenvalue weighted by Crippen LogP contribution is 2.55. The summed E-state index contributed by atoms with van der Waals surface area (Å²) in [6.07, 6.45) is -15.7. The van der Waals surface area contributed by atoms with Gasteiger partial charge in [-0.1, -0.05) is 24.3 Å². The summed E-state index contributed by atoms with van der Waals surface area (Å²) in [7, 11) is 2.50. The number of phenols is 4. The number of Topliss-reactive ketones (excluding diaryl/α,β-unsaturated/α-hetero) is 2. The number of hydroxylamine groups is 2. The van der Waals surface area contributed by atoms with Gasteiger partial charge in [-0.05, 0) is 26.0 Å². The molecule has 2 saturated heterocycles. The number of carbonyl (C=O) groups is 8. The van der Waals surface area contributed by atoms with E-state index < -0.39 is 216 Å². The Balaban J connectivity index is 0.829. The lowest BCUT2D eigenvalue weighted by atomic mass is 9.72. The van der Waals surface area contributed by atoms with E-state index in [0.717, 1.165) is 0 Å². The summed E-state index contributed by atoms with van der Waals surface area (Å²) < 4.78 is 34.7. The van der Waals surface area contributed by atoms with Crippen molar-refractivity contribution in [2.75, 3.05) is 27.4 Å². The second kappa shape index (κ2) is 22.3. The Bertz CT molecular complexity index is 3260. The van der Waals surface area contributed by atoms with Crippen molar-refractivity contribution < 1.29 is 128 Å². The number of aromatic hydroxyl groups is 4. The Morgan fingerprint density at radius 3 is 1.26 bits per heavy atom. The van der Waals surface area contributed by atoms with E-state index in [1.54, 1.807) is 0 Å². The summed E-state index contributed by atoms with van der Waals surface area (Å²) in [5.41, 5.74) is -5.26. The number of phenolic OH excluding ortho intramolecular Hbond substituents is 4. The topological polar surface area (TPSA) is 437 Å². The third-order valence-corrected chi connectivity index (χ3v) is 16.3. The van der Waals surface area contributed by atoms with Gasteiger partial charge in [0.1, 0.15) is 58.9 Å². The lowest BCUT2D eigenvalue weighted by Gasteiger charge is -2.42. The smallest absolute Gasteiger partial charge is 0.437 e. The summed E-state index contributed by atoms with van der Waals surface area (Å²) in [5.74, 6) is -12.9. The number of ketones is 6. The SMILES string of the molecule is COc1cccc2c1C(=O)c1c(O)c3c(c(O)c1C2=O)C[C@@](O)(C(=O)CO)C[C@@H]3OC1CC(NOC(=O)C(=O)ONC2CC(O[C@H]3C[C@](O)(C(=O)CO)Cc4c(O)c5c(c(O)c43)C(=O)c3c(OC)cccc3C5=O)OC(C)C2O)C(O)C(C)O1. The molecule has 0 saturated carbocycles. The van der Waals surface area contributed by atoms with Gasteiger partial charge in [-0.3, -0.25) is 28.8 Å². The summed E-state index contributed by atoms with van der Waals surface area (Å²) in [6, 6.07) is 5.56. The molecule has 0 radical (unpaired) electrons. The molecule has 2 heterocycles. The summed E-state index contributed by atoms with van der Waals surface area (Å²) in [4.78, 5) is 118. The maximum absolute atomic E-state index is 14.1. The minimum absolute atomic E-state index is 0.0224. The number of methoxy groups -OCH3 is 2. The maximum atomic E-state index is 14.1. The standard InChI is InChI=1S/C56H56N2O26/c1-19-43(63)25(11-33(79-19)81-29-15-55(75,31(61)17-59)13-23-37(29)51(71)41-39(47(23)67)45(65)21-7-5-9-27(77-3)35(21)49(41)69)57-83-53(73)54(74)84-58-26-12-34(80-20(2)44(26)64)82-30-16-56(76,32(62)18-60)14-24-38(30)52(72)42-40(48(24)68)46(66)22-8-6-10-28(78-4)36(22)50(42)70/h5-10,19-20,25-26,29-30,33-34,43-44,57-60,63-64,67-68,71-72,75-76H,11-18H2,1-4H3/t19?,20?,25?,26?,29-,30-,33?,34?,43?,44?,55-,56-/m0/s1. The van der Waals surface area contributed by atoms with Crippen molar-refractivity contribution in [1.82, 2.24) is 11.0 Å². The first-order valence-electron chi connectivity index (χ1n) is 26.2. The van der Waals surface area contributed by atoms with Crippen molar-refractivity contribution in [2.45, 2.75) is 125 Å². The van der Waals surface area contributed by atoms with Crippen LogP contribution in [0.25, 0.3) is 0 Å². The predicted molar refractivity (Wildman–Crippen MR) is 274 cm³/mol. The number of rotatable bonds is 14. The Kier molecular flexibility index (Phi) is 15.7. The highest BCUT2D eigenvalue weighted by molar-refractivity contribution is 6.32. The lowest BCUT2D eigenvalue weighted by Crippen LogP contribution is -2.56. The van der Waals surface area contributed by atoms with E-state index in [1.165, 1.54) is 64.5 Å². The molecular weight excluding hydrogens is 1120 g/mol. The number of nitrogens with one attached hydrogen (secondary N) is 2. The molecule has 4 aromatic rings. The number of aliphatic hydroxyl groups is 6. The molecular formula is C56H56N2O26. The Morgan fingerprint density at radius 1 is 0.560 bits per heavy atom. The largest absolute Gasteiger partial charge is 0.507 e. The Labute approximate surface area is 473 Å². The molecule has 2 fully saturated rings. The van der Waals surface area contributed by atoms with Crippen molar-refractivity contribution in [3.63, 3.8) is 0 Å². The molecule has 446 valence electrons. The monoisotopic (exact) mass is 1170 g/mol. The van der Waals surface area contributed by atoms with Gasteiger partial charge >= 0.3 is 11.9 Å². The minimum atomic E-state index is -2.50. The van der Waals surface area contributed by atoms with E-state index in [1.807, 2.05) is 0 Å². The van der Waals surface area contributed by atoms with Crippen molar-refractivity contribution >= 4 is 46.6 Å². The van der Waals surface area contributed by atoms with Crippen molar-refractivity contribution in [3.8, 4) is 34.5 Å². The Hall–Kier alpha value is -7.84. The van der Waals surface area contributed by atoms with Gasteiger partial charge in [-0.25, -0.2) is 9.59 Å². The average Bonchev–Trinajstić information content (AvgIpc) is 0.800. The molecule has 10 rings (SSSR count). The summed E-state index contributed by atoms with van der Waals surface area (Å²) in [5, 5.41) is 112. The number of fused-ring (bicyclic) bond motifs is 6. The van der Waals surface area contributed by atoms with Crippen LogP contribution in [0.5, 0.6) is 34.5 Å². The van der Waals surface area contributed by atoms with Gasteiger partial charge in [0.25, 0.3) is 0 Å². The predicted octanol–water partition coefficient (Wildman–Crippen LogP) is -0.806. The van der Waals surface area contributed by atoms with Crippen LogP contribution in [-0.4, -0.2) is 185 Å². The fourth-order valence-electron chi connectivity index (χ4n) is 12.0. The van der Waals surface area contributed by atoms with Crippen LogP contribution in [0.4, 0.5) is 0 Å². The first kappa shape index (κ1) is 59.3. The zero-order valence-corrected chi connectivity index (χ0v) is 44.9. The van der Waals surface area contributed by atoms with E-state index in [0.29, 0.717) is 0 Å². The van der Waals surface area contributed by atoms with Crippen LogP contribution in [0.15, 0.2) is 36.4 Å². The molecule has 0 amide bonds. The fourth-order valence-corrected chi connectivity index (χ4v) is 12.0. The van der Waals surface area contributed by atoms with Gasteiger partial charge in [-0.2, -0.15) is 0 Å². The fraction of sp³-hybridized carbons (Fsp3) is 0.429. The highest BCUT2D eigenvalue weighted by Gasteiger charge is 2.53. The van der Waals surface area contributed by atoms with Gasteiger partial charge < -0.3 is 89.2 Å². The van der Waals surface area contributed by atoms with Crippen LogP contribution < -0.4 is 20.4 Å². The highest BCUT2D eigenvalue weighted by atomic mass is 16.7. The van der Waals surface area contributed by atoms with E-state index >= 15 is 0 Å².